The molecule has 2 heterocycles. The Bertz CT molecular complexity index is 591. The van der Waals surface area contributed by atoms with E-state index in [0.29, 0.717) is 13.1 Å². The maximum Gasteiger partial charge on any atom is 0.257 e. The van der Waals surface area contributed by atoms with Crippen LogP contribution < -0.4 is 0 Å². The zero-order valence-electron chi connectivity index (χ0n) is 9.84. The van der Waals surface area contributed by atoms with E-state index in [0.717, 1.165) is 12.2 Å². The summed E-state index contributed by atoms with van der Waals surface area (Å²) in [7, 11) is 0. The third kappa shape index (κ3) is 1.79. The van der Waals surface area contributed by atoms with Gasteiger partial charge in [-0.2, -0.15) is 0 Å². The van der Waals surface area contributed by atoms with E-state index in [9.17, 15) is 9.18 Å². The molecule has 0 saturated carbocycles. The van der Waals surface area contributed by atoms with Gasteiger partial charge in [0.25, 0.3) is 5.91 Å². The number of carbonyl (C=O) groups is 1. The molecule has 1 aliphatic rings. The average molecular weight is 244 g/mol. The molecule has 1 aliphatic heterocycles. The Kier molecular flexibility index (Phi) is 2.63. The molecule has 4 heteroatoms. The Morgan fingerprint density at radius 1 is 1.11 bits per heavy atom. The first-order chi connectivity index (χ1) is 8.75. The van der Waals surface area contributed by atoms with Crippen molar-refractivity contribution in [1.29, 1.82) is 0 Å². The molecule has 0 radical (unpaired) electrons. The van der Waals surface area contributed by atoms with Gasteiger partial charge < -0.3 is 9.47 Å². The third-order valence-corrected chi connectivity index (χ3v) is 3.28. The van der Waals surface area contributed by atoms with Gasteiger partial charge in [0.05, 0.1) is 12.1 Å². The van der Waals surface area contributed by atoms with Gasteiger partial charge in [-0.15, -0.1) is 0 Å². The maximum absolute atomic E-state index is 13.6. The molecule has 0 fully saturated rings. The second-order valence-electron chi connectivity index (χ2n) is 4.40. The molecule has 2 aromatic rings. The highest BCUT2D eigenvalue weighted by molar-refractivity contribution is 5.94. The van der Waals surface area contributed by atoms with Crippen LogP contribution in [0.25, 0.3) is 0 Å². The van der Waals surface area contributed by atoms with Crippen molar-refractivity contribution >= 4 is 5.91 Å². The molecular formula is C14H13FN2O. The van der Waals surface area contributed by atoms with Crippen LogP contribution >= 0.6 is 0 Å². The summed E-state index contributed by atoms with van der Waals surface area (Å²) in [6.07, 6.45) is 2.00. The van der Waals surface area contributed by atoms with Crippen LogP contribution in [0.4, 0.5) is 4.39 Å². The van der Waals surface area contributed by atoms with E-state index in [1.165, 1.54) is 12.1 Å². The van der Waals surface area contributed by atoms with Crippen molar-refractivity contribution in [3.05, 3.63) is 59.7 Å². The zero-order chi connectivity index (χ0) is 12.5. The lowest BCUT2D eigenvalue weighted by Crippen LogP contribution is -2.38. The van der Waals surface area contributed by atoms with Gasteiger partial charge in [-0.3, -0.25) is 4.79 Å². The van der Waals surface area contributed by atoms with Gasteiger partial charge >= 0.3 is 0 Å². The molecule has 92 valence electrons. The van der Waals surface area contributed by atoms with Crippen molar-refractivity contribution < 1.29 is 9.18 Å². The van der Waals surface area contributed by atoms with Crippen molar-refractivity contribution in [2.45, 2.75) is 13.1 Å². The van der Waals surface area contributed by atoms with Crippen LogP contribution in [-0.4, -0.2) is 21.9 Å². The van der Waals surface area contributed by atoms with E-state index in [4.69, 9.17) is 0 Å². The Labute approximate surface area is 104 Å². The maximum atomic E-state index is 13.6. The second kappa shape index (κ2) is 4.29. The highest BCUT2D eigenvalue weighted by atomic mass is 19.1. The van der Waals surface area contributed by atoms with E-state index in [1.54, 1.807) is 17.0 Å². The number of aromatic nitrogens is 1. The summed E-state index contributed by atoms with van der Waals surface area (Å²) >= 11 is 0. The number of amides is 1. The van der Waals surface area contributed by atoms with Gasteiger partial charge in [0.1, 0.15) is 5.82 Å². The van der Waals surface area contributed by atoms with Crippen LogP contribution in [0.2, 0.25) is 0 Å². The highest BCUT2D eigenvalue weighted by Crippen LogP contribution is 2.17. The molecule has 0 saturated heterocycles. The molecule has 0 aliphatic carbocycles. The van der Waals surface area contributed by atoms with Gasteiger partial charge in [-0.25, -0.2) is 4.39 Å². The summed E-state index contributed by atoms with van der Waals surface area (Å²) in [4.78, 5) is 13.9. The molecule has 1 aromatic carbocycles. The number of halogens is 1. The quantitative estimate of drug-likeness (QED) is 0.755. The molecule has 1 aromatic heterocycles. The minimum atomic E-state index is -0.455. The summed E-state index contributed by atoms with van der Waals surface area (Å²) in [5.41, 5.74) is 1.24. The van der Waals surface area contributed by atoms with Gasteiger partial charge in [-0.05, 0) is 24.3 Å². The van der Waals surface area contributed by atoms with Gasteiger partial charge in [0.2, 0.25) is 0 Å². The minimum Gasteiger partial charge on any atom is -0.348 e. The molecule has 0 atom stereocenters. The Balaban J connectivity index is 1.85. The average Bonchev–Trinajstić information content (AvgIpc) is 2.85. The van der Waals surface area contributed by atoms with Crippen molar-refractivity contribution in [3.63, 3.8) is 0 Å². The fourth-order valence-corrected chi connectivity index (χ4v) is 2.29. The summed E-state index contributed by atoms with van der Waals surface area (Å²) in [5, 5.41) is 0. The molecule has 0 bridgehead atoms. The van der Waals surface area contributed by atoms with Crippen LogP contribution in [0.5, 0.6) is 0 Å². The van der Waals surface area contributed by atoms with E-state index in [2.05, 4.69) is 4.57 Å². The molecule has 0 unspecified atom stereocenters. The first-order valence-electron chi connectivity index (χ1n) is 5.93. The zero-order valence-corrected chi connectivity index (χ0v) is 9.84. The molecule has 0 N–H and O–H groups in total. The van der Waals surface area contributed by atoms with E-state index >= 15 is 0 Å². The fraction of sp³-hybridized carbons (Fsp3) is 0.214. The molecule has 18 heavy (non-hydrogen) atoms. The lowest BCUT2D eigenvalue weighted by molar-refractivity contribution is 0.0706. The van der Waals surface area contributed by atoms with E-state index in [1.807, 2.05) is 18.3 Å². The second-order valence-corrected chi connectivity index (χ2v) is 4.40. The summed E-state index contributed by atoms with van der Waals surface area (Å²) in [6.45, 7) is 1.93. The summed E-state index contributed by atoms with van der Waals surface area (Å²) < 4.78 is 15.7. The predicted molar refractivity (Wildman–Crippen MR) is 65.6 cm³/mol. The van der Waals surface area contributed by atoms with Crippen LogP contribution in [0, 0.1) is 5.82 Å². The van der Waals surface area contributed by atoms with Gasteiger partial charge in [0, 0.05) is 25.0 Å². The molecule has 3 rings (SSSR count). The SMILES string of the molecule is O=C(c1ccccc1F)N1CCn2cccc2C1. The predicted octanol–water partition coefficient (Wildman–Crippen LogP) is 2.28. The Morgan fingerprint density at radius 2 is 1.94 bits per heavy atom. The largest absolute Gasteiger partial charge is 0.348 e. The Hall–Kier alpha value is -2.10. The van der Waals surface area contributed by atoms with Crippen LogP contribution in [-0.2, 0) is 13.1 Å². The fourth-order valence-electron chi connectivity index (χ4n) is 2.29. The van der Waals surface area contributed by atoms with Crippen LogP contribution in [0.15, 0.2) is 42.6 Å². The number of fused-ring (bicyclic) bond motifs is 1. The van der Waals surface area contributed by atoms with Crippen molar-refractivity contribution in [1.82, 2.24) is 9.47 Å². The Morgan fingerprint density at radius 3 is 2.78 bits per heavy atom. The lowest BCUT2D eigenvalue weighted by atomic mass is 10.1. The number of hydrogen-bond acceptors (Lipinski definition) is 1. The van der Waals surface area contributed by atoms with E-state index in [-0.39, 0.29) is 11.5 Å². The van der Waals surface area contributed by atoms with Gasteiger partial charge in [0.15, 0.2) is 0 Å². The normalized spacial score (nSPS) is 14.4. The number of hydrogen-bond donors (Lipinski definition) is 0. The minimum absolute atomic E-state index is 0.150. The summed E-state index contributed by atoms with van der Waals surface area (Å²) in [5.74, 6) is -0.691. The molecule has 0 spiro atoms. The lowest BCUT2D eigenvalue weighted by Gasteiger charge is -2.28. The topological polar surface area (TPSA) is 25.2 Å². The smallest absolute Gasteiger partial charge is 0.257 e. The number of nitrogens with zero attached hydrogens (tertiary/aromatic N) is 2. The highest BCUT2D eigenvalue weighted by Gasteiger charge is 2.22. The van der Waals surface area contributed by atoms with Crippen LogP contribution in [0.1, 0.15) is 16.1 Å². The van der Waals surface area contributed by atoms with Crippen LogP contribution in [0.3, 0.4) is 0 Å². The monoisotopic (exact) mass is 244 g/mol. The molecular weight excluding hydrogens is 231 g/mol. The number of benzene rings is 1. The third-order valence-electron chi connectivity index (χ3n) is 3.28. The molecule has 1 amide bonds. The number of rotatable bonds is 1. The first-order valence-corrected chi connectivity index (χ1v) is 5.93. The first kappa shape index (κ1) is 11.0. The van der Waals surface area contributed by atoms with E-state index < -0.39 is 5.82 Å². The van der Waals surface area contributed by atoms with Crippen molar-refractivity contribution in [3.8, 4) is 0 Å². The van der Waals surface area contributed by atoms with Gasteiger partial charge in [-0.1, -0.05) is 12.1 Å². The standard InChI is InChI=1S/C14H13FN2O/c15-13-6-2-1-5-12(13)14(18)17-9-8-16-7-3-4-11(16)10-17/h1-7H,8-10H2. The van der Waals surface area contributed by atoms with Crippen molar-refractivity contribution in [2.24, 2.45) is 0 Å². The van der Waals surface area contributed by atoms with Crippen molar-refractivity contribution in [2.75, 3.05) is 6.54 Å². The number of carbonyl (C=O) groups excluding carboxylic acids is 1. The molecule has 3 nitrogen and oxygen atoms in total. The summed E-state index contributed by atoms with van der Waals surface area (Å²) in [6, 6.07) is 10.1.